The van der Waals surface area contributed by atoms with E-state index in [1.807, 2.05) is 12.1 Å². The molecule has 0 aliphatic heterocycles. The molecule has 2 aromatic heterocycles. The van der Waals surface area contributed by atoms with Gasteiger partial charge in [-0.1, -0.05) is 37.3 Å². The number of aromatic nitrogens is 1. The molecule has 2 aliphatic carbocycles. The maximum atomic E-state index is 12.8. The van der Waals surface area contributed by atoms with Crippen LogP contribution in [0.1, 0.15) is 75.3 Å². The predicted molar refractivity (Wildman–Crippen MR) is 151 cm³/mol. The number of methoxy groups -OCH3 is 1. The van der Waals surface area contributed by atoms with Crippen molar-refractivity contribution in [1.29, 1.82) is 5.26 Å². The highest BCUT2D eigenvalue weighted by molar-refractivity contribution is 7.99. The zero-order chi connectivity index (χ0) is 26.6. The summed E-state index contributed by atoms with van der Waals surface area (Å²) < 4.78 is 5.02. The molecular formula is C30H31N3O3S2. The van der Waals surface area contributed by atoms with Crippen LogP contribution in [0, 0.1) is 17.2 Å². The van der Waals surface area contributed by atoms with E-state index in [1.54, 1.807) is 0 Å². The van der Waals surface area contributed by atoms with E-state index in [4.69, 9.17) is 9.72 Å². The van der Waals surface area contributed by atoms with E-state index in [0.717, 1.165) is 55.3 Å². The third-order valence-electron chi connectivity index (χ3n) is 7.47. The molecule has 0 fully saturated rings. The Bertz CT molecular complexity index is 1390. The lowest BCUT2D eigenvalue weighted by molar-refractivity contribution is -0.115. The number of pyridine rings is 1. The van der Waals surface area contributed by atoms with Crippen LogP contribution in [0.15, 0.2) is 41.4 Å². The maximum absolute atomic E-state index is 12.8. The van der Waals surface area contributed by atoms with Crippen LogP contribution in [0.5, 0.6) is 0 Å². The zero-order valence-corrected chi connectivity index (χ0v) is 23.3. The highest BCUT2D eigenvalue weighted by atomic mass is 32.2. The minimum atomic E-state index is -0.395. The van der Waals surface area contributed by atoms with E-state index in [9.17, 15) is 14.9 Å². The zero-order valence-electron chi connectivity index (χ0n) is 21.7. The number of thiophene rings is 1. The molecule has 0 radical (unpaired) electrons. The Hall–Kier alpha value is -3.15. The molecular weight excluding hydrogens is 514 g/mol. The number of carbonyl (C=O) groups is 2. The number of ether oxygens (including phenoxy) is 1. The van der Waals surface area contributed by atoms with Gasteiger partial charge in [0.1, 0.15) is 16.1 Å². The number of nitrogens with one attached hydrogen (secondary N) is 1. The van der Waals surface area contributed by atoms with Gasteiger partial charge in [-0.3, -0.25) is 4.79 Å². The summed E-state index contributed by atoms with van der Waals surface area (Å²) >= 11 is 2.93. The smallest absolute Gasteiger partial charge is 0.341 e. The van der Waals surface area contributed by atoms with Gasteiger partial charge in [0.05, 0.1) is 18.2 Å². The van der Waals surface area contributed by atoms with Crippen molar-refractivity contribution >= 4 is 40.0 Å². The number of nitrogens with zero attached hydrogens (tertiary/aromatic N) is 2. The number of nitriles is 1. The molecule has 0 saturated heterocycles. The van der Waals surface area contributed by atoms with Crippen LogP contribution in [-0.2, 0) is 35.2 Å². The Morgan fingerprint density at radius 3 is 2.79 bits per heavy atom. The molecule has 1 amide bonds. The number of benzene rings is 1. The number of anilines is 1. The van der Waals surface area contributed by atoms with Crippen LogP contribution in [0.25, 0.3) is 0 Å². The van der Waals surface area contributed by atoms with Crippen molar-refractivity contribution in [2.45, 2.75) is 62.8 Å². The molecule has 2 heterocycles. The quantitative estimate of drug-likeness (QED) is 0.276. The molecule has 5 rings (SSSR count). The molecule has 6 nitrogen and oxygen atoms in total. The van der Waals surface area contributed by atoms with Crippen molar-refractivity contribution in [3.8, 4) is 6.07 Å². The molecule has 196 valence electrons. The first-order valence-corrected chi connectivity index (χ1v) is 14.9. The van der Waals surface area contributed by atoms with Gasteiger partial charge in [-0.25, -0.2) is 9.78 Å². The molecule has 2 unspecified atom stereocenters. The number of hydrogen-bond acceptors (Lipinski definition) is 7. The van der Waals surface area contributed by atoms with Crippen LogP contribution in [0.4, 0.5) is 5.00 Å². The van der Waals surface area contributed by atoms with Crippen molar-refractivity contribution < 1.29 is 14.3 Å². The Kier molecular flexibility index (Phi) is 8.15. The van der Waals surface area contributed by atoms with Crippen molar-refractivity contribution in [1.82, 2.24) is 4.98 Å². The molecule has 1 aromatic carbocycles. The van der Waals surface area contributed by atoms with Crippen molar-refractivity contribution in [3.63, 3.8) is 0 Å². The van der Waals surface area contributed by atoms with Gasteiger partial charge in [-0.05, 0) is 73.1 Å². The summed E-state index contributed by atoms with van der Waals surface area (Å²) in [5.41, 5.74) is 5.64. The van der Waals surface area contributed by atoms with Crippen LogP contribution < -0.4 is 5.32 Å². The van der Waals surface area contributed by atoms with Crippen LogP contribution in [0.3, 0.4) is 0 Å². The number of thioether (sulfide) groups is 1. The van der Waals surface area contributed by atoms with E-state index in [0.29, 0.717) is 38.7 Å². The summed E-state index contributed by atoms with van der Waals surface area (Å²) in [6, 6.07) is 14.8. The number of rotatable bonds is 7. The Morgan fingerprint density at radius 2 is 2.03 bits per heavy atom. The molecule has 0 saturated carbocycles. The third kappa shape index (κ3) is 5.64. The lowest BCUT2D eigenvalue weighted by Gasteiger charge is -2.25. The van der Waals surface area contributed by atoms with Crippen molar-refractivity contribution in [2.24, 2.45) is 5.92 Å². The number of fused-ring (bicyclic) bond motifs is 2. The second-order valence-electron chi connectivity index (χ2n) is 10.1. The maximum Gasteiger partial charge on any atom is 0.341 e. The lowest BCUT2D eigenvalue weighted by atomic mass is 9.82. The predicted octanol–water partition coefficient (Wildman–Crippen LogP) is 6.32. The van der Waals surface area contributed by atoms with Gasteiger partial charge in [-0.2, -0.15) is 5.26 Å². The first kappa shape index (κ1) is 26.5. The summed E-state index contributed by atoms with van der Waals surface area (Å²) in [6.45, 7) is 2.21. The highest BCUT2D eigenvalue weighted by Gasteiger charge is 2.29. The average molecular weight is 546 g/mol. The van der Waals surface area contributed by atoms with Gasteiger partial charge in [0.2, 0.25) is 5.91 Å². The molecule has 2 atom stereocenters. The minimum absolute atomic E-state index is 0.156. The Balaban J connectivity index is 1.23. The first-order valence-electron chi connectivity index (χ1n) is 13.1. The number of carbonyl (C=O) groups excluding carboxylic acids is 2. The van der Waals surface area contributed by atoms with E-state index < -0.39 is 5.97 Å². The second-order valence-corrected chi connectivity index (χ2v) is 12.3. The SMILES string of the molecule is COC(=O)c1c(NC(=O)CCSc2nc3c(cc2C#N)CC(c2ccccc2)CC3)sc2c1CCC(C)C2. The lowest BCUT2D eigenvalue weighted by Crippen LogP contribution is -2.16. The average Bonchev–Trinajstić information content (AvgIpc) is 3.28. The summed E-state index contributed by atoms with van der Waals surface area (Å²) in [7, 11) is 1.38. The molecule has 0 bridgehead atoms. The monoisotopic (exact) mass is 545 g/mol. The second kappa shape index (κ2) is 11.7. The van der Waals surface area contributed by atoms with E-state index in [2.05, 4.69) is 42.6 Å². The summed E-state index contributed by atoms with van der Waals surface area (Å²) in [6.07, 6.45) is 5.84. The molecule has 2 aliphatic rings. The van der Waals surface area contributed by atoms with Gasteiger partial charge >= 0.3 is 5.97 Å². The largest absolute Gasteiger partial charge is 0.465 e. The standard InChI is InChI=1S/C30H31N3O3S2/c1-18-8-10-23-25(14-18)38-29(27(23)30(35)36-2)33-26(34)12-13-37-28-22(17-31)16-21-15-20(9-11-24(21)32-28)19-6-4-3-5-7-19/h3-7,16,18,20H,8-15H2,1-2H3,(H,33,34). The highest BCUT2D eigenvalue weighted by Crippen LogP contribution is 2.40. The normalized spacial score (nSPS) is 18.1. The van der Waals surface area contributed by atoms with Gasteiger partial charge in [0.25, 0.3) is 0 Å². The van der Waals surface area contributed by atoms with E-state index in [-0.39, 0.29) is 12.3 Å². The minimum Gasteiger partial charge on any atom is -0.465 e. The van der Waals surface area contributed by atoms with E-state index in [1.165, 1.54) is 40.6 Å². The van der Waals surface area contributed by atoms with Crippen molar-refractivity contribution in [2.75, 3.05) is 18.2 Å². The number of amides is 1. The fourth-order valence-electron chi connectivity index (χ4n) is 5.43. The van der Waals surface area contributed by atoms with Crippen molar-refractivity contribution in [3.05, 3.63) is 74.8 Å². The molecule has 8 heteroatoms. The fourth-order valence-corrected chi connectivity index (χ4v) is 7.76. The summed E-state index contributed by atoms with van der Waals surface area (Å²) in [5, 5.41) is 14.0. The Labute approximate surface area is 231 Å². The molecule has 0 spiro atoms. The molecule has 38 heavy (non-hydrogen) atoms. The fraction of sp³-hybridized carbons (Fsp3) is 0.400. The van der Waals surface area contributed by atoms with Crippen LogP contribution >= 0.6 is 23.1 Å². The summed E-state index contributed by atoms with van der Waals surface area (Å²) in [5.74, 6) is 0.952. The van der Waals surface area contributed by atoms with Crippen LogP contribution in [0.2, 0.25) is 0 Å². The van der Waals surface area contributed by atoms with Gasteiger partial charge in [0, 0.05) is 22.7 Å². The first-order chi connectivity index (χ1) is 18.5. The Morgan fingerprint density at radius 1 is 1.21 bits per heavy atom. The topological polar surface area (TPSA) is 92.1 Å². The third-order valence-corrected chi connectivity index (χ3v) is 9.63. The summed E-state index contributed by atoms with van der Waals surface area (Å²) in [4.78, 5) is 31.4. The van der Waals surface area contributed by atoms with Crippen LogP contribution in [-0.4, -0.2) is 29.7 Å². The molecule has 1 N–H and O–H groups in total. The van der Waals surface area contributed by atoms with Gasteiger partial charge in [0.15, 0.2) is 0 Å². The van der Waals surface area contributed by atoms with Gasteiger partial charge in [-0.15, -0.1) is 23.1 Å². The number of esters is 1. The molecule has 3 aromatic rings. The van der Waals surface area contributed by atoms with E-state index >= 15 is 0 Å². The number of aryl methyl sites for hydroxylation is 1. The number of hydrogen-bond donors (Lipinski definition) is 1. The van der Waals surface area contributed by atoms with Gasteiger partial charge < -0.3 is 10.1 Å².